The Hall–Kier alpha value is -4.72. The molecule has 160 valence electrons. The largest absolute Gasteiger partial charge is 0.322 e. The van der Waals surface area contributed by atoms with Crippen molar-refractivity contribution < 1.29 is 19.2 Å². The van der Waals surface area contributed by atoms with Gasteiger partial charge in [-0.1, -0.05) is 12.1 Å². The van der Waals surface area contributed by atoms with Crippen LogP contribution in [0.1, 0.15) is 48.6 Å². The Labute approximate surface area is 187 Å². The number of carbonyl (C=O) groups excluding carboxylic acids is 4. The normalized spacial score (nSPS) is 12.7. The Balaban J connectivity index is 1.37. The Morgan fingerprint density at radius 3 is 1.76 bits per heavy atom. The van der Waals surface area contributed by atoms with Crippen molar-refractivity contribution in [2.24, 2.45) is 0 Å². The molecule has 1 N–H and O–H groups in total. The minimum absolute atomic E-state index is 0.00882. The smallest absolute Gasteiger partial charge is 0.286 e. The van der Waals surface area contributed by atoms with Crippen LogP contribution in [0.5, 0.6) is 0 Å². The van der Waals surface area contributed by atoms with E-state index < -0.39 is 11.8 Å². The van der Waals surface area contributed by atoms with Gasteiger partial charge < -0.3 is 5.32 Å². The van der Waals surface area contributed by atoms with Crippen molar-refractivity contribution in [3.05, 3.63) is 95.3 Å². The number of aromatic nitrogens is 2. The lowest BCUT2D eigenvalue weighted by Crippen LogP contribution is -2.29. The second-order valence-electron chi connectivity index (χ2n) is 7.49. The van der Waals surface area contributed by atoms with Crippen LogP contribution in [-0.4, -0.2) is 33.5 Å². The van der Waals surface area contributed by atoms with Gasteiger partial charge in [0.2, 0.25) is 0 Å². The Morgan fingerprint density at radius 2 is 1.24 bits per heavy atom. The van der Waals surface area contributed by atoms with E-state index in [9.17, 15) is 19.2 Å². The first-order chi connectivity index (χ1) is 15.9. The van der Waals surface area contributed by atoms with Crippen LogP contribution in [0.4, 0.5) is 11.4 Å². The van der Waals surface area contributed by atoms with Crippen LogP contribution in [0, 0.1) is 0 Å². The van der Waals surface area contributed by atoms with Gasteiger partial charge in [-0.3, -0.25) is 19.2 Å². The van der Waals surface area contributed by atoms with Gasteiger partial charge in [-0.05, 0) is 67.6 Å². The monoisotopic (exact) mass is 436 g/mol. The zero-order chi connectivity index (χ0) is 23.1. The lowest BCUT2D eigenvalue weighted by atomic mass is 10.1. The zero-order valence-electron chi connectivity index (χ0n) is 17.4. The van der Waals surface area contributed by atoms with Gasteiger partial charge in [0.1, 0.15) is 0 Å². The summed E-state index contributed by atoms with van der Waals surface area (Å²) in [6, 6.07) is 19.7. The fourth-order valence-corrected chi connectivity index (χ4v) is 3.59. The molecule has 0 bridgehead atoms. The molecule has 0 unspecified atom stereocenters. The van der Waals surface area contributed by atoms with Crippen molar-refractivity contribution in [2.75, 3.05) is 10.2 Å². The van der Waals surface area contributed by atoms with Gasteiger partial charge in [-0.25, -0.2) is 14.9 Å². The summed E-state index contributed by atoms with van der Waals surface area (Å²) in [4.78, 5) is 59.3. The van der Waals surface area contributed by atoms with Crippen LogP contribution >= 0.6 is 0 Å². The second kappa shape index (κ2) is 7.76. The van der Waals surface area contributed by atoms with Crippen LogP contribution in [-0.2, 0) is 0 Å². The number of nitrogens with zero attached hydrogens (tertiary/aromatic N) is 3. The Morgan fingerprint density at radius 1 is 0.727 bits per heavy atom. The molecule has 0 saturated heterocycles. The highest BCUT2D eigenvalue weighted by molar-refractivity contribution is 6.33. The van der Waals surface area contributed by atoms with Crippen LogP contribution in [0.2, 0.25) is 0 Å². The summed E-state index contributed by atoms with van der Waals surface area (Å²) in [6.45, 7) is 1.47. The number of anilines is 2. The minimum Gasteiger partial charge on any atom is -0.322 e. The van der Waals surface area contributed by atoms with Gasteiger partial charge in [0, 0.05) is 16.8 Å². The molecule has 3 aromatic carbocycles. The predicted molar refractivity (Wildman–Crippen MR) is 122 cm³/mol. The van der Waals surface area contributed by atoms with Gasteiger partial charge in [0.05, 0.1) is 16.7 Å². The summed E-state index contributed by atoms with van der Waals surface area (Å²) < 4.78 is 0. The van der Waals surface area contributed by atoms with Crippen LogP contribution in [0.3, 0.4) is 0 Å². The van der Waals surface area contributed by atoms with E-state index in [4.69, 9.17) is 0 Å². The maximum absolute atomic E-state index is 12.9. The molecule has 0 aliphatic carbocycles. The molecule has 5 rings (SSSR count). The molecule has 0 radical (unpaired) electrons. The average Bonchev–Trinajstić information content (AvgIpc) is 3.07. The van der Waals surface area contributed by atoms with Crippen LogP contribution < -0.4 is 10.2 Å². The number of amides is 3. The highest BCUT2D eigenvalue weighted by Gasteiger charge is 2.40. The zero-order valence-corrected chi connectivity index (χ0v) is 17.4. The lowest BCUT2D eigenvalue weighted by molar-refractivity contribution is 0.0921. The van der Waals surface area contributed by atoms with E-state index in [1.165, 1.54) is 31.2 Å². The highest BCUT2D eigenvalue weighted by Crippen LogP contribution is 2.28. The van der Waals surface area contributed by atoms with E-state index in [0.29, 0.717) is 33.5 Å². The van der Waals surface area contributed by atoms with Gasteiger partial charge in [0.15, 0.2) is 17.2 Å². The van der Waals surface area contributed by atoms with E-state index in [2.05, 4.69) is 15.3 Å². The van der Waals surface area contributed by atoms with E-state index in [-0.39, 0.29) is 23.1 Å². The summed E-state index contributed by atoms with van der Waals surface area (Å²) in [5.41, 5.74) is 2.83. The van der Waals surface area contributed by atoms with Gasteiger partial charge >= 0.3 is 0 Å². The Bertz CT molecular complexity index is 1410. The average molecular weight is 436 g/mol. The molecular formula is C25H16N4O4. The van der Waals surface area contributed by atoms with Gasteiger partial charge in [-0.15, -0.1) is 0 Å². The summed E-state index contributed by atoms with van der Waals surface area (Å²) in [6.07, 6.45) is 0. The molecule has 4 aromatic rings. The van der Waals surface area contributed by atoms with Crippen molar-refractivity contribution in [3.63, 3.8) is 0 Å². The topological polar surface area (TPSA) is 109 Å². The molecule has 0 spiro atoms. The fraction of sp³-hybridized carbons (Fsp3) is 0.0400. The van der Waals surface area contributed by atoms with Gasteiger partial charge in [-0.2, -0.15) is 0 Å². The molecule has 1 aliphatic heterocycles. The molecule has 1 aliphatic rings. The molecule has 3 amide bonds. The van der Waals surface area contributed by atoms with Crippen molar-refractivity contribution >= 4 is 45.9 Å². The number of ketones is 1. The van der Waals surface area contributed by atoms with E-state index in [0.717, 1.165) is 4.90 Å². The number of rotatable bonds is 4. The van der Waals surface area contributed by atoms with Crippen molar-refractivity contribution in [1.29, 1.82) is 0 Å². The third-order valence-corrected chi connectivity index (χ3v) is 5.32. The third-order valence-electron chi connectivity index (χ3n) is 5.32. The first kappa shape index (κ1) is 20.2. The number of imide groups is 1. The van der Waals surface area contributed by atoms with E-state index in [1.807, 2.05) is 0 Å². The fourth-order valence-electron chi connectivity index (χ4n) is 3.59. The number of carbonyl (C=O) groups is 4. The van der Waals surface area contributed by atoms with Crippen LogP contribution in [0.15, 0.2) is 72.8 Å². The summed E-state index contributed by atoms with van der Waals surface area (Å²) in [7, 11) is 0. The molecule has 8 nitrogen and oxygen atoms in total. The minimum atomic E-state index is -0.559. The Kier molecular flexibility index (Phi) is 4.75. The van der Waals surface area contributed by atoms with E-state index in [1.54, 1.807) is 48.5 Å². The SMILES string of the molecule is CC(=O)c1ccc(NC(=O)c2ccc(N3C(=O)c4nc5ccccc5nc4C3=O)cc2)cc1. The maximum Gasteiger partial charge on any atom is 0.286 e. The number of hydrogen-bond donors (Lipinski definition) is 1. The lowest BCUT2D eigenvalue weighted by Gasteiger charge is -2.13. The predicted octanol–water partition coefficient (Wildman–Crippen LogP) is 3.89. The maximum atomic E-state index is 12.9. The van der Waals surface area contributed by atoms with Crippen molar-refractivity contribution in [3.8, 4) is 0 Å². The summed E-state index contributed by atoms with van der Waals surface area (Å²) in [5, 5.41) is 2.75. The number of Topliss-reactive ketones (excluding diaryl/α,β-unsaturated/α-hetero) is 1. The summed E-state index contributed by atoms with van der Waals surface area (Å²) >= 11 is 0. The molecule has 2 heterocycles. The first-order valence-corrected chi connectivity index (χ1v) is 10.1. The molecular weight excluding hydrogens is 420 g/mol. The standard InChI is InChI=1S/C25H16N4O4/c1-14(30)15-6-10-17(11-7-15)26-23(31)16-8-12-18(13-9-16)29-24(32)21-22(25(29)33)28-20-5-3-2-4-19(20)27-21/h2-13H,1H3,(H,26,31). The second-order valence-corrected chi connectivity index (χ2v) is 7.49. The number of hydrogen-bond acceptors (Lipinski definition) is 6. The molecule has 0 atom stereocenters. The van der Waals surface area contributed by atoms with Crippen LogP contribution in [0.25, 0.3) is 11.0 Å². The summed E-state index contributed by atoms with van der Waals surface area (Å²) in [5.74, 6) is -1.55. The number of para-hydroxylation sites is 2. The number of benzene rings is 3. The van der Waals surface area contributed by atoms with Gasteiger partial charge in [0.25, 0.3) is 17.7 Å². The number of nitrogens with one attached hydrogen (secondary N) is 1. The molecule has 8 heteroatoms. The molecule has 0 fully saturated rings. The van der Waals surface area contributed by atoms with E-state index >= 15 is 0 Å². The highest BCUT2D eigenvalue weighted by atomic mass is 16.2. The third kappa shape index (κ3) is 3.53. The van der Waals surface area contributed by atoms with Crippen molar-refractivity contribution in [1.82, 2.24) is 9.97 Å². The molecule has 33 heavy (non-hydrogen) atoms. The first-order valence-electron chi connectivity index (χ1n) is 10.1. The number of fused-ring (bicyclic) bond motifs is 2. The quantitative estimate of drug-likeness (QED) is 0.384. The molecule has 0 saturated carbocycles. The molecule has 1 aromatic heterocycles. The van der Waals surface area contributed by atoms with Crippen molar-refractivity contribution in [2.45, 2.75) is 6.92 Å².